The molecule has 1 atom stereocenters. The van der Waals surface area contributed by atoms with Crippen LogP contribution in [0.5, 0.6) is 0 Å². The van der Waals surface area contributed by atoms with Crippen molar-refractivity contribution in [3.8, 4) is 0 Å². The lowest BCUT2D eigenvalue weighted by Crippen LogP contribution is -2.36. The largest absolute Gasteiger partial charge is 0.378 e. The van der Waals surface area contributed by atoms with Crippen LogP contribution < -0.4 is 15.8 Å². The fourth-order valence-corrected chi connectivity index (χ4v) is 3.64. The summed E-state index contributed by atoms with van der Waals surface area (Å²) >= 11 is 0. The van der Waals surface area contributed by atoms with Crippen LogP contribution in [0.25, 0.3) is 0 Å². The highest BCUT2D eigenvalue weighted by Gasteiger charge is 2.19. The van der Waals surface area contributed by atoms with Crippen molar-refractivity contribution in [2.45, 2.75) is 38.8 Å². The number of carbonyl (C=O) groups excluding carboxylic acids is 2. The minimum absolute atomic E-state index is 0.0340. The van der Waals surface area contributed by atoms with Crippen molar-refractivity contribution >= 4 is 17.5 Å². The third-order valence-corrected chi connectivity index (χ3v) is 5.38. The monoisotopic (exact) mass is 410 g/mol. The van der Waals surface area contributed by atoms with Gasteiger partial charge in [0.2, 0.25) is 5.91 Å². The van der Waals surface area contributed by atoms with Crippen LogP contribution in [0.1, 0.15) is 35.7 Å². The molecule has 1 saturated heterocycles. The van der Waals surface area contributed by atoms with Gasteiger partial charge in [-0.05, 0) is 49.9 Å². The third kappa shape index (κ3) is 5.49. The van der Waals surface area contributed by atoms with E-state index < -0.39 is 0 Å². The van der Waals surface area contributed by atoms with E-state index in [1.54, 1.807) is 4.90 Å². The number of nitrogens with one attached hydrogen (secondary N) is 1. The van der Waals surface area contributed by atoms with Crippen molar-refractivity contribution in [2.24, 2.45) is 0 Å². The third-order valence-electron chi connectivity index (χ3n) is 5.38. The van der Waals surface area contributed by atoms with E-state index in [-0.39, 0.29) is 30.0 Å². The number of amides is 2. The lowest BCUT2D eigenvalue weighted by molar-refractivity contribution is -0.130. The molecular formula is C23H30N4O3. The first kappa shape index (κ1) is 21.6. The highest BCUT2D eigenvalue weighted by Crippen LogP contribution is 2.14. The Bertz CT molecular complexity index is 944. The molecule has 160 valence electrons. The number of carbonyl (C=O) groups is 2. The normalized spacial score (nSPS) is 14.4. The fourth-order valence-electron chi connectivity index (χ4n) is 3.64. The second kappa shape index (κ2) is 9.61. The molecule has 1 fully saturated rings. The molecule has 0 aliphatic carbocycles. The van der Waals surface area contributed by atoms with Crippen LogP contribution in [-0.2, 0) is 17.8 Å². The van der Waals surface area contributed by atoms with Crippen LogP contribution >= 0.6 is 0 Å². The minimum atomic E-state index is -0.284. The molecule has 7 nitrogen and oxygen atoms in total. The van der Waals surface area contributed by atoms with E-state index in [9.17, 15) is 14.4 Å². The number of benzene rings is 1. The average molecular weight is 411 g/mol. The Morgan fingerprint density at radius 3 is 2.37 bits per heavy atom. The van der Waals surface area contributed by atoms with Crippen LogP contribution in [-0.4, -0.2) is 54.5 Å². The van der Waals surface area contributed by atoms with E-state index in [1.165, 1.54) is 22.9 Å². The van der Waals surface area contributed by atoms with Crippen molar-refractivity contribution < 1.29 is 9.59 Å². The summed E-state index contributed by atoms with van der Waals surface area (Å²) in [7, 11) is 3.99. The molecule has 0 bridgehead atoms. The summed E-state index contributed by atoms with van der Waals surface area (Å²) in [5.41, 5.74) is 2.35. The molecule has 0 unspecified atom stereocenters. The second-order valence-corrected chi connectivity index (χ2v) is 8.11. The molecule has 3 rings (SSSR count). The van der Waals surface area contributed by atoms with Crippen molar-refractivity contribution in [3.05, 3.63) is 64.1 Å². The van der Waals surface area contributed by atoms with Crippen LogP contribution in [0, 0.1) is 0 Å². The van der Waals surface area contributed by atoms with Gasteiger partial charge in [0.1, 0.15) is 6.54 Å². The van der Waals surface area contributed by atoms with Crippen LogP contribution in [0.4, 0.5) is 5.69 Å². The zero-order chi connectivity index (χ0) is 21.7. The molecular weight excluding hydrogens is 380 g/mol. The SMILES string of the molecule is C[C@H](Cc1ccc(N(C)C)cc1)NC(=O)c1ccc(=O)n(CC(=O)N2CCCC2)c1. The van der Waals surface area contributed by atoms with Gasteiger partial charge >= 0.3 is 0 Å². The molecule has 1 aromatic carbocycles. The molecule has 1 aliphatic rings. The Kier molecular flexibility index (Phi) is 6.92. The molecule has 30 heavy (non-hydrogen) atoms. The maximum absolute atomic E-state index is 12.7. The second-order valence-electron chi connectivity index (χ2n) is 8.11. The van der Waals surface area contributed by atoms with Gasteiger partial charge < -0.3 is 19.7 Å². The van der Waals surface area contributed by atoms with E-state index in [4.69, 9.17) is 0 Å². The number of anilines is 1. The zero-order valence-electron chi connectivity index (χ0n) is 17.9. The van der Waals surface area contributed by atoms with Gasteiger partial charge in [-0.2, -0.15) is 0 Å². The number of nitrogens with zero attached hydrogens (tertiary/aromatic N) is 3. The molecule has 1 aliphatic heterocycles. The highest BCUT2D eigenvalue weighted by molar-refractivity contribution is 5.94. The van der Waals surface area contributed by atoms with E-state index >= 15 is 0 Å². The quantitative estimate of drug-likeness (QED) is 0.757. The Hall–Kier alpha value is -3.09. The molecule has 0 radical (unpaired) electrons. The van der Waals surface area contributed by atoms with E-state index in [2.05, 4.69) is 29.6 Å². The molecule has 1 N–H and O–H groups in total. The van der Waals surface area contributed by atoms with Gasteiger partial charge in [-0.1, -0.05) is 12.1 Å². The van der Waals surface area contributed by atoms with Crippen molar-refractivity contribution in [3.63, 3.8) is 0 Å². The summed E-state index contributed by atoms with van der Waals surface area (Å²) in [6.45, 7) is 3.39. The van der Waals surface area contributed by atoms with Gasteiger partial charge in [-0.25, -0.2) is 0 Å². The molecule has 1 aromatic heterocycles. The highest BCUT2D eigenvalue weighted by atomic mass is 16.2. The summed E-state index contributed by atoms with van der Waals surface area (Å²) in [4.78, 5) is 41.0. The minimum Gasteiger partial charge on any atom is -0.378 e. The van der Waals surface area contributed by atoms with E-state index in [1.807, 2.05) is 25.9 Å². The zero-order valence-corrected chi connectivity index (χ0v) is 17.9. The Labute approximate surface area is 177 Å². The summed E-state index contributed by atoms with van der Waals surface area (Å²) in [5.74, 6) is -0.337. The Morgan fingerprint density at radius 1 is 1.07 bits per heavy atom. The van der Waals surface area contributed by atoms with Gasteiger partial charge in [0, 0.05) is 51.2 Å². The summed E-state index contributed by atoms with van der Waals surface area (Å²) in [6, 6.07) is 11.0. The lowest BCUT2D eigenvalue weighted by atomic mass is 10.1. The number of aromatic nitrogens is 1. The first-order valence-electron chi connectivity index (χ1n) is 10.4. The molecule has 0 saturated carbocycles. The standard InChI is InChI=1S/C23H30N4O3/c1-17(14-18-6-9-20(10-7-18)25(2)3)24-23(30)19-8-11-21(28)27(15-19)16-22(29)26-12-4-5-13-26/h6-11,15,17H,4-5,12-14,16H2,1-3H3,(H,24,30)/t17-/m1/s1. The Morgan fingerprint density at radius 2 is 1.73 bits per heavy atom. The molecule has 2 amide bonds. The van der Waals surface area contributed by atoms with Gasteiger partial charge in [-0.15, -0.1) is 0 Å². The Balaban J connectivity index is 1.61. The first-order valence-corrected chi connectivity index (χ1v) is 10.4. The average Bonchev–Trinajstić information content (AvgIpc) is 3.25. The predicted molar refractivity (Wildman–Crippen MR) is 118 cm³/mol. The van der Waals surface area contributed by atoms with Gasteiger partial charge in [0.05, 0.1) is 5.56 Å². The topological polar surface area (TPSA) is 74.6 Å². The smallest absolute Gasteiger partial charge is 0.252 e. The van der Waals surface area contributed by atoms with Crippen molar-refractivity contribution in [2.75, 3.05) is 32.1 Å². The first-order chi connectivity index (χ1) is 14.3. The van der Waals surface area contributed by atoms with Crippen molar-refractivity contribution in [1.82, 2.24) is 14.8 Å². The molecule has 2 aromatic rings. The predicted octanol–water partition coefficient (Wildman–Crippen LogP) is 1.90. The number of hydrogen-bond acceptors (Lipinski definition) is 4. The number of pyridine rings is 1. The van der Waals surface area contributed by atoms with E-state index in [0.29, 0.717) is 12.0 Å². The number of hydrogen-bond donors (Lipinski definition) is 1. The summed E-state index contributed by atoms with van der Waals surface area (Å²) in [6.07, 6.45) is 4.18. The van der Waals surface area contributed by atoms with Crippen molar-refractivity contribution in [1.29, 1.82) is 0 Å². The maximum Gasteiger partial charge on any atom is 0.252 e. The fraction of sp³-hybridized carbons (Fsp3) is 0.435. The van der Waals surface area contributed by atoms with Gasteiger partial charge in [0.25, 0.3) is 11.5 Å². The van der Waals surface area contributed by atoms with E-state index in [0.717, 1.165) is 37.2 Å². The van der Waals surface area contributed by atoms with Crippen LogP contribution in [0.2, 0.25) is 0 Å². The molecule has 7 heteroatoms. The molecule has 2 heterocycles. The molecule has 0 spiro atoms. The maximum atomic E-state index is 12.7. The van der Waals surface area contributed by atoms with Crippen LogP contribution in [0.3, 0.4) is 0 Å². The number of likely N-dealkylation sites (tertiary alicyclic amines) is 1. The van der Waals surface area contributed by atoms with Crippen LogP contribution in [0.15, 0.2) is 47.4 Å². The summed E-state index contributed by atoms with van der Waals surface area (Å²) in [5, 5.41) is 2.98. The number of rotatable bonds is 7. The van der Waals surface area contributed by atoms with Gasteiger partial charge in [0.15, 0.2) is 0 Å². The van der Waals surface area contributed by atoms with Gasteiger partial charge in [-0.3, -0.25) is 14.4 Å². The lowest BCUT2D eigenvalue weighted by Gasteiger charge is -2.17. The summed E-state index contributed by atoms with van der Waals surface area (Å²) < 4.78 is 1.32.